The first-order chi connectivity index (χ1) is 12.2. The van der Waals surface area contributed by atoms with Gasteiger partial charge in [-0.05, 0) is 55.8 Å². The zero-order chi connectivity index (χ0) is 17.6. The van der Waals surface area contributed by atoms with E-state index < -0.39 is 0 Å². The van der Waals surface area contributed by atoms with Gasteiger partial charge in [0.2, 0.25) is 0 Å². The summed E-state index contributed by atoms with van der Waals surface area (Å²) < 4.78 is 5.21. The molecular weight excluding hydrogens is 336 g/mol. The van der Waals surface area contributed by atoms with Gasteiger partial charge in [0.25, 0.3) is 0 Å². The molecule has 3 rings (SSSR count). The molecule has 1 aliphatic heterocycles. The number of aliphatic imine (C=N–C) groups is 1. The molecule has 0 unspecified atom stereocenters. The summed E-state index contributed by atoms with van der Waals surface area (Å²) >= 11 is 6.42. The van der Waals surface area contributed by atoms with E-state index in [2.05, 4.69) is 16.0 Å². The Morgan fingerprint density at radius 2 is 2.00 bits per heavy atom. The molecule has 1 saturated heterocycles. The predicted octanol–water partition coefficient (Wildman–Crippen LogP) is 4.31. The van der Waals surface area contributed by atoms with Crippen LogP contribution in [0.2, 0.25) is 5.02 Å². The summed E-state index contributed by atoms with van der Waals surface area (Å²) in [5.41, 5.74) is 1.76. The quantitative estimate of drug-likeness (QED) is 0.782. The van der Waals surface area contributed by atoms with E-state index in [1.54, 1.807) is 31.5 Å². The van der Waals surface area contributed by atoms with Crippen LogP contribution >= 0.6 is 11.6 Å². The van der Waals surface area contributed by atoms with Crippen molar-refractivity contribution in [2.45, 2.75) is 18.9 Å². The lowest BCUT2D eigenvalue weighted by molar-refractivity contribution is 0.252. The SMILES string of the molecule is COc1ccc(O)c(C=NC[C@@H](c2ccccc2Cl)N2CCCC2)c1. The monoisotopic (exact) mass is 358 g/mol. The minimum atomic E-state index is 0.153. The number of benzene rings is 2. The van der Waals surface area contributed by atoms with Crippen molar-refractivity contribution in [1.29, 1.82) is 0 Å². The number of rotatable bonds is 6. The first-order valence-corrected chi connectivity index (χ1v) is 8.92. The van der Waals surface area contributed by atoms with E-state index in [9.17, 15) is 5.11 Å². The fraction of sp³-hybridized carbons (Fsp3) is 0.350. The zero-order valence-electron chi connectivity index (χ0n) is 14.4. The number of methoxy groups -OCH3 is 1. The van der Waals surface area contributed by atoms with E-state index in [0.717, 1.165) is 23.7 Å². The Labute approximate surface area is 153 Å². The van der Waals surface area contributed by atoms with E-state index in [0.29, 0.717) is 17.9 Å². The lowest BCUT2D eigenvalue weighted by Crippen LogP contribution is -2.28. The molecule has 1 N–H and O–H groups in total. The molecular formula is C20H23ClN2O2. The standard InChI is InChI=1S/C20H23ClN2O2/c1-25-16-8-9-20(24)15(12-16)13-22-14-19(23-10-4-5-11-23)17-6-2-3-7-18(17)21/h2-3,6-9,12-13,19,24H,4-5,10-11,14H2,1H3/t19-/m0/s1. The Morgan fingerprint density at radius 1 is 1.24 bits per heavy atom. The van der Waals surface area contributed by atoms with Gasteiger partial charge >= 0.3 is 0 Å². The van der Waals surface area contributed by atoms with Crippen molar-refractivity contribution >= 4 is 17.8 Å². The summed E-state index contributed by atoms with van der Waals surface area (Å²) in [6, 6.07) is 13.2. The number of hydrogen-bond donors (Lipinski definition) is 1. The van der Waals surface area contributed by atoms with Gasteiger partial charge in [0.15, 0.2) is 0 Å². The minimum absolute atomic E-state index is 0.153. The fourth-order valence-corrected chi connectivity index (χ4v) is 3.48. The van der Waals surface area contributed by atoms with Gasteiger partial charge in [-0.25, -0.2) is 0 Å². The van der Waals surface area contributed by atoms with E-state index >= 15 is 0 Å². The van der Waals surface area contributed by atoms with Crippen molar-refractivity contribution in [2.24, 2.45) is 4.99 Å². The molecule has 132 valence electrons. The van der Waals surface area contributed by atoms with Crippen molar-refractivity contribution in [3.8, 4) is 11.5 Å². The molecule has 5 heteroatoms. The number of phenols is 1. The Kier molecular flexibility index (Phi) is 5.95. The van der Waals surface area contributed by atoms with Crippen LogP contribution in [0.3, 0.4) is 0 Å². The van der Waals surface area contributed by atoms with Crippen LogP contribution in [-0.2, 0) is 0 Å². The third kappa shape index (κ3) is 4.33. The molecule has 2 aromatic carbocycles. The van der Waals surface area contributed by atoms with Crippen molar-refractivity contribution < 1.29 is 9.84 Å². The molecule has 0 bridgehead atoms. The molecule has 0 spiro atoms. The van der Waals surface area contributed by atoms with Gasteiger partial charge in [0.05, 0.1) is 19.7 Å². The molecule has 0 aromatic heterocycles. The largest absolute Gasteiger partial charge is 0.507 e. The second-order valence-corrected chi connectivity index (χ2v) is 6.61. The van der Waals surface area contributed by atoms with Crippen LogP contribution in [0, 0.1) is 0 Å². The fourth-order valence-electron chi connectivity index (χ4n) is 3.22. The normalized spacial score (nSPS) is 16.4. The topological polar surface area (TPSA) is 45.1 Å². The molecule has 4 nitrogen and oxygen atoms in total. The summed E-state index contributed by atoms with van der Waals surface area (Å²) in [6.45, 7) is 2.73. The summed E-state index contributed by atoms with van der Waals surface area (Å²) in [5.74, 6) is 0.890. The highest BCUT2D eigenvalue weighted by atomic mass is 35.5. The van der Waals surface area contributed by atoms with E-state index in [-0.39, 0.29) is 11.8 Å². The number of halogens is 1. The third-order valence-electron chi connectivity index (χ3n) is 4.59. The first-order valence-electron chi connectivity index (χ1n) is 8.54. The maximum Gasteiger partial charge on any atom is 0.124 e. The van der Waals surface area contributed by atoms with Crippen LogP contribution in [0.5, 0.6) is 11.5 Å². The summed E-state index contributed by atoms with van der Waals surface area (Å²) in [6.07, 6.45) is 4.13. The molecule has 0 radical (unpaired) electrons. The summed E-state index contributed by atoms with van der Waals surface area (Å²) in [7, 11) is 1.61. The smallest absolute Gasteiger partial charge is 0.124 e. The van der Waals surface area contributed by atoms with Crippen molar-refractivity contribution in [1.82, 2.24) is 4.90 Å². The third-order valence-corrected chi connectivity index (χ3v) is 4.93. The maximum atomic E-state index is 9.99. The number of phenolic OH excluding ortho intramolecular Hbond substituents is 1. The second-order valence-electron chi connectivity index (χ2n) is 6.20. The lowest BCUT2D eigenvalue weighted by atomic mass is 10.1. The van der Waals surface area contributed by atoms with Gasteiger partial charge in [0.1, 0.15) is 11.5 Å². The molecule has 1 fully saturated rings. The minimum Gasteiger partial charge on any atom is -0.507 e. The van der Waals surface area contributed by atoms with Gasteiger partial charge < -0.3 is 9.84 Å². The Morgan fingerprint density at radius 3 is 2.72 bits per heavy atom. The highest BCUT2D eigenvalue weighted by Crippen LogP contribution is 2.30. The Balaban J connectivity index is 1.80. The van der Waals surface area contributed by atoms with Crippen LogP contribution in [-0.4, -0.2) is 43.0 Å². The number of ether oxygens (including phenoxy) is 1. The zero-order valence-corrected chi connectivity index (χ0v) is 15.1. The molecule has 1 aliphatic rings. The number of aromatic hydroxyl groups is 1. The van der Waals surface area contributed by atoms with E-state index in [1.807, 2.05) is 18.2 Å². The maximum absolute atomic E-state index is 9.99. The molecule has 2 aromatic rings. The molecule has 1 heterocycles. The van der Waals surface area contributed by atoms with Gasteiger partial charge in [-0.3, -0.25) is 9.89 Å². The van der Waals surface area contributed by atoms with Gasteiger partial charge in [-0.2, -0.15) is 0 Å². The molecule has 0 saturated carbocycles. The molecule has 25 heavy (non-hydrogen) atoms. The second kappa shape index (κ2) is 8.37. The van der Waals surface area contributed by atoms with Crippen LogP contribution in [0.25, 0.3) is 0 Å². The van der Waals surface area contributed by atoms with E-state index in [1.165, 1.54) is 12.8 Å². The molecule has 1 atom stereocenters. The van der Waals surface area contributed by atoms with Crippen LogP contribution in [0.15, 0.2) is 47.5 Å². The molecule has 0 aliphatic carbocycles. The van der Waals surface area contributed by atoms with E-state index in [4.69, 9.17) is 16.3 Å². The number of nitrogens with zero attached hydrogens (tertiary/aromatic N) is 2. The van der Waals surface area contributed by atoms with Gasteiger partial charge in [-0.15, -0.1) is 0 Å². The highest BCUT2D eigenvalue weighted by Gasteiger charge is 2.24. The van der Waals surface area contributed by atoms with Crippen molar-refractivity contribution in [3.05, 3.63) is 58.6 Å². The average Bonchev–Trinajstić information content (AvgIpc) is 3.15. The Hall–Kier alpha value is -2.04. The van der Waals surface area contributed by atoms with Crippen molar-refractivity contribution in [3.63, 3.8) is 0 Å². The van der Waals surface area contributed by atoms with Crippen LogP contribution < -0.4 is 4.74 Å². The lowest BCUT2D eigenvalue weighted by Gasteiger charge is -2.27. The number of likely N-dealkylation sites (tertiary alicyclic amines) is 1. The number of hydrogen-bond acceptors (Lipinski definition) is 4. The van der Waals surface area contributed by atoms with Crippen molar-refractivity contribution in [2.75, 3.05) is 26.7 Å². The average molecular weight is 359 g/mol. The highest BCUT2D eigenvalue weighted by molar-refractivity contribution is 6.31. The van der Waals surface area contributed by atoms with Gasteiger partial charge in [-0.1, -0.05) is 29.8 Å². The molecule has 0 amide bonds. The first kappa shape index (κ1) is 17.8. The summed E-state index contributed by atoms with van der Waals surface area (Å²) in [4.78, 5) is 7.03. The van der Waals surface area contributed by atoms with Crippen LogP contribution in [0.1, 0.15) is 30.0 Å². The predicted molar refractivity (Wildman–Crippen MR) is 102 cm³/mol. The van der Waals surface area contributed by atoms with Gasteiger partial charge in [0, 0.05) is 16.8 Å². The summed E-state index contributed by atoms with van der Waals surface area (Å²) in [5, 5.41) is 10.8. The van der Waals surface area contributed by atoms with Crippen LogP contribution in [0.4, 0.5) is 0 Å². The Bertz CT molecular complexity index is 742.